The van der Waals surface area contributed by atoms with E-state index in [0.29, 0.717) is 18.0 Å². The molecule has 2 N–H and O–H groups in total. The van der Waals surface area contributed by atoms with Gasteiger partial charge >= 0.3 is 5.97 Å². The second-order valence-corrected chi connectivity index (χ2v) is 4.45. The number of hydrogen-bond acceptors (Lipinski definition) is 5. The van der Waals surface area contributed by atoms with Crippen molar-refractivity contribution < 1.29 is 9.90 Å². The third-order valence-electron chi connectivity index (χ3n) is 2.73. The summed E-state index contributed by atoms with van der Waals surface area (Å²) in [5.41, 5.74) is 0.116. The quantitative estimate of drug-likeness (QED) is 0.772. The van der Waals surface area contributed by atoms with Gasteiger partial charge in [-0.3, -0.25) is 0 Å². The summed E-state index contributed by atoms with van der Waals surface area (Å²) in [5.74, 6) is -0.409. The first-order chi connectivity index (χ1) is 8.06. The van der Waals surface area contributed by atoms with Crippen LogP contribution in [0.4, 0.5) is 5.95 Å². The number of aromatic carboxylic acids is 1. The molecule has 2 unspecified atom stereocenters. The largest absolute Gasteiger partial charge is 0.478 e. The summed E-state index contributed by atoms with van der Waals surface area (Å²) in [6, 6.07) is 0.753. The summed E-state index contributed by atoms with van der Waals surface area (Å²) in [5, 5.41) is 12.2. The molecule has 0 spiro atoms. The van der Waals surface area contributed by atoms with Crippen molar-refractivity contribution in [2.24, 2.45) is 0 Å². The zero-order chi connectivity index (χ0) is 12.4. The first-order valence-electron chi connectivity index (χ1n) is 5.62. The van der Waals surface area contributed by atoms with Crippen LogP contribution in [-0.4, -0.2) is 46.2 Å². The predicted octanol–water partition coefficient (Wildman–Crippen LogP) is 0.361. The van der Waals surface area contributed by atoms with Crippen LogP contribution in [0.2, 0.25) is 0 Å². The Morgan fingerprint density at radius 3 is 2.35 bits per heavy atom. The predicted molar refractivity (Wildman–Crippen MR) is 63.3 cm³/mol. The van der Waals surface area contributed by atoms with Crippen LogP contribution >= 0.6 is 0 Å². The van der Waals surface area contributed by atoms with Gasteiger partial charge in [-0.05, 0) is 13.8 Å². The highest BCUT2D eigenvalue weighted by Crippen LogP contribution is 2.12. The second-order valence-electron chi connectivity index (χ2n) is 4.45. The van der Waals surface area contributed by atoms with E-state index in [2.05, 4.69) is 34.0 Å². The third-order valence-corrected chi connectivity index (χ3v) is 2.73. The Morgan fingerprint density at radius 1 is 1.35 bits per heavy atom. The molecule has 0 saturated carbocycles. The first-order valence-corrected chi connectivity index (χ1v) is 5.62. The summed E-state index contributed by atoms with van der Waals surface area (Å²) in [6.07, 6.45) is 2.70. The number of rotatable bonds is 2. The maximum absolute atomic E-state index is 10.7. The van der Waals surface area contributed by atoms with Crippen molar-refractivity contribution in [1.29, 1.82) is 0 Å². The van der Waals surface area contributed by atoms with Crippen molar-refractivity contribution in [2.75, 3.05) is 18.0 Å². The zero-order valence-electron chi connectivity index (χ0n) is 9.92. The lowest BCUT2D eigenvalue weighted by molar-refractivity contribution is 0.0696. The molecule has 0 radical (unpaired) electrons. The van der Waals surface area contributed by atoms with Crippen molar-refractivity contribution in [3.63, 3.8) is 0 Å². The van der Waals surface area contributed by atoms with Gasteiger partial charge in [-0.25, -0.2) is 14.8 Å². The Bertz CT molecular complexity index is 396. The normalized spacial score (nSPS) is 24.7. The number of anilines is 1. The van der Waals surface area contributed by atoms with Crippen LogP contribution in [0, 0.1) is 0 Å². The van der Waals surface area contributed by atoms with E-state index in [-0.39, 0.29) is 5.56 Å². The lowest BCUT2D eigenvalue weighted by Gasteiger charge is -2.36. The lowest BCUT2D eigenvalue weighted by Crippen LogP contribution is -2.54. The van der Waals surface area contributed by atoms with E-state index in [1.54, 1.807) is 0 Å². The average Bonchev–Trinajstić information content (AvgIpc) is 2.28. The number of nitrogens with one attached hydrogen (secondary N) is 1. The molecular weight excluding hydrogens is 220 g/mol. The Kier molecular flexibility index (Phi) is 3.23. The molecule has 1 saturated heterocycles. The van der Waals surface area contributed by atoms with Crippen molar-refractivity contribution in [3.05, 3.63) is 18.0 Å². The molecule has 6 heteroatoms. The molecule has 0 aromatic carbocycles. The molecule has 0 bridgehead atoms. The van der Waals surface area contributed by atoms with E-state index >= 15 is 0 Å². The molecule has 2 rings (SSSR count). The van der Waals surface area contributed by atoms with E-state index in [0.717, 1.165) is 13.1 Å². The molecule has 0 amide bonds. The standard InChI is InChI=1S/C11H16N4O2/c1-7-5-15(6-8(2)14-7)11-12-3-9(4-13-11)10(16)17/h3-4,7-8,14H,5-6H2,1-2H3,(H,16,17). The van der Waals surface area contributed by atoms with E-state index in [1.165, 1.54) is 12.4 Å². The van der Waals surface area contributed by atoms with Gasteiger partial charge in [-0.2, -0.15) is 0 Å². The SMILES string of the molecule is CC1CN(c2ncc(C(=O)O)cn2)CC(C)N1. The molecule has 17 heavy (non-hydrogen) atoms. The molecule has 6 nitrogen and oxygen atoms in total. The van der Waals surface area contributed by atoms with Gasteiger partial charge in [-0.15, -0.1) is 0 Å². The van der Waals surface area contributed by atoms with Crippen LogP contribution in [0.1, 0.15) is 24.2 Å². The molecule has 1 aliphatic rings. The fraction of sp³-hybridized carbons (Fsp3) is 0.545. The molecule has 1 fully saturated rings. The van der Waals surface area contributed by atoms with Gasteiger partial charge in [0.05, 0.1) is 5.56 Å². The minimum Gasteiger partial charge on any atom is -0.478 e. The summed E-state index contributed by atoms with van der Waals surface area (Å²) in [4.78, 5) is 21.0. The molecule has 0 aliphatic carbocycles. The van der Waals surface area contributed by atoms with E-state index in [9.17, 15) is 4.79 Å². The number of carboxylic acid groups (broad SMARTS) is 1. The van der Waals surface area contributed by atoms with Gasteiger partial charge in [0.25, 0.3) is 0 Å². The van der Waals surface area contributed by atoms with Gasteiger partial charge in [0, 0.05) is 37.6 Å². The number of hydrogen-bond donors (Lipinski definition) is 2. The lowest BCUT2D eigenvalue weighted by atomic mass is 10.1. The minimum absolute atomic E-state index is 0.116. The van der Waals surface area contributed by atoms with E-state index in [4.69, 9.17) is 5.11 Å². The molecule has 2 atom stereocenters. The highest BCUT2D eigenvalue weighted by molar-refractivity contribution is 5.86. The van der Waals surface area contributed by atoms with Crippen LogP contribution < -0.4 is 10.2 Å². The molecular formula is C11H16N4O2. The summed E-state index contributed by atoms with van der Waals surface area (Å²) in [7, 11) is 0. The topological polar surface area (TPSA) is 78.4 Å². The van der Waals surface area contributed by atoms with Gasteiger partial charge in [0.1, 0.15) is 0 Å². The maximum atomic E-state index is 10.7. The number of carbonyl (C=O) groups is 1. The summed E-state index contributed by atoms with van der Waals surface area (Å²) in [6.45, 7) is 5.87. The summed E-state index contributed by atoms with van der Waals surface area (Å²) < 4.78 is 0. The van der Waals surface area contributed by atoms with Crippen LogP contribution in [0.25, 0.3) is 0 Å². The van der Waals surface area contributed by atoms with E-state index < -0.39 is 5.97 Å². The van der Waals surface area contributed by atoms with Crippen LogP contribution in [0.5, 0.6) is 0 Å². The highest BCUT2D eigenvalue weighted by Gasteiger charge is 2.22. The highest BCUT2D eigenvalue weighted by atomic mass is 16.4. The maximum Gasteiger partial charge on any atom is 0.338 e. The molecule has 92 valence electrons. The Labute approximate surface area is 99.7 Å². The number of carboxylic acids is 1. The van der Waals surface area contributed by atoms with Crippen LogP contribution in [0.3, 0.4) is 0 Å². The van der Waals surface area contributed by atoms with Crippen LogP contribution in [-0.2, 0) is 0 Å². The van der Waals surface area contributed by atoms with Crippen molar-refractivity contribution >= 4 is 11.9 Å². The van der Waals surface area contributed by atoms with Crippen molar-refractivity contribution in [2.45, 2.75) is 25.9 Å². The van der Waals surface area contributed by atoms with Crippen molar-refractivity contribution in [3.8, 4) is 0 Å². The number of piperazine rings is 1. The van der Waals surface area contributed by atoms with Crippen molar-refractivity contribution in [1.82, 2.24) is 15.3 Å². The molecule has 1 aliphatic heterocycles. The monoisotopic (exact) mass is 236 g/mol. The van der Waals surface area contributed by atoms with Gasteiger partial charge < -0.3 is 15.3 Å². The first kappa shape index (κ1) is 11.8. The fourth-order valence-electron chi connectivity index (χ4n) is 2.09. The Hall–Kier alpha value is -1.69. The zero-order valence-corrected chi connectivity index (χ0v) is 9.92. The number of nitrogens with zero attached hydrogens (tertiary/aromatic N) is 3. The summed E-state index contributed by atoms with van der Waals surface area (Å²) >= 11 is 0. The van der Waals surface area contributed by atoms with Gasteiger partial charge in [0.15, 0.2) is 0 Å². The van der Waals surface area contributed by atoms with Gasteiger partial charge in [-0.1, -0.05) is 0 Å². The number of aromatic nitrogens is 2. The van der Waals surface area contributed by atoms with Gasteiger partial charge in [0.2, 0.25) is 5.95 Å². The van der Waals surface area contributed by atoms with E-state index in [1.807, 2.05) is 0 Å². The molecule has 1 aromatic heterocycles. The Balaban J connectivity index is 2.14. The third kappa shape index (κ3) is 2.71. The minimum atomic E-state index is -1.00. The fourth-order valence-corrected chi connectivity index (χ4v) is 2.09. The average molecular weight is 236 g/mol. The smallest absolute Gasteiger partial charge is 0.338 e. The van der Waals surface area contributed by atoms with Crippen LogP contribution in [0.15, 0.2) is 12.4 Å². The molecule has 2 heterocycles. The molecule has 1 aromatic rings. The second kappa shape index (κ2) is 4.67. The Morgan fingerprint density at radius 2 is 1.88 bits per heavy atom.